The molecule has 3 saturated carbocycles. The summed E-state index contributed by atoms with van der Waals surface area (Å²) in [4.78, 5) is 0. The van der Waals surface area contributed by atoms with E-state index < -0.39 is 0 Å². The molecule has 0 saturated heterocycles. The molecule has 7 aliphatic rings. The van der Waals surface area contributed by atoms with E-state index in [1.165, 1.54) is 226 Å². The van der Waals surface area contributed by atoms with Gasteiger partial charge in [-0.15, -0.1) is 0 Å². The Kier molecular flexibility index (Phi) is 25.0. The molecule has 0 aromatic heterocycles. The average molecular weight is 986 g/mol. The predicted octanol–water partition coefficient (Wildman–Crippen LogP) is 17.0. The van der Waals surface area contributed by atoms with E-state index in [1.54, 1.807) is 0 Å². The van der Waals surface area contributed by atoms with Gasteiger partial charge in [-0.05, 0) is 110 Å². The average Bonchev–Trinajstić information content (AvgIpc) is 3.42. The highest BCUT2D eigenvalue weighted by molar-refractivity contribution is 5.31. The van der Waals surface area contributed by atoms with Crippen molar-refractivity contribution in [2.24, 2.45) is 0 Å². The van der Waals surface area contributed by atoms with Gasteiger partial charge in [-0.25, -0.2) is 0 Å². The van der Waals surface area contributed by atoms with E-state index >= 15 is 0 Å². The van der Waals surface area contributed by atoms with Crippen LogP contribution in [-0.4, -0.2) is 36.3 Å². The van der Waals surface area contributed by atoms with Gasteiger partial charge in [-0.3, -0.25) is 0 Å². The summed E-state index contributed by atoms with van der Waals surface area (Å²) in [6, 6.07) is 35.2. The van der Waals surface area contributed by atoms with Crippen molar-refractivity contribution in [3.8, 4) is 0 Å². The summed E-state index contributed by atoms with van der Waals surface area (Å²) in [7, 11) is 0. The van der Waals surface area contributed by atoms with Crippen molar-refractivity contribution in [1.82, 2.24) is 31.9 Å². The maximum atomic E-state index is 4.38. The van der Waals surface area contributed by atoms with E-state index in [2.05, 4.69) is 146 Å². The summed E-state index contributed by atoms with van der Waals surface area (Å²) >= 11 is 0. The molecule has 0 radical (unpaired) electrons. The van der Waals surface area contributed by atoms with Crippen LogP contribution in [0.25, 0.3) is 0 Å². The fourth-order valence-corrected chi connectivity index (χ4v) is 13.5. The fourth-order valence-electron chi connectivity index (χ4n) is 13.5. The van der Waals surface area contributed by atoms with E-state index in [0.29, 0.717) is 72.5 Å². The van der Waals surface area contributed by atoms with Crippen molar-refractivity contribution in [2.45, 2.75) is 307 Å². The predicted molar refractivity (Wildman–Crippen MR) is 310 cm³/mol. The Morgan fingerprint density at radius 1 is 0.250 bits per heavy atom. The zero-order valence-corrected chi connectivity index (χ0v) is 47.1. The molecular formula is C66H108N6. The third-order valence-corrected chi connectivity index (χ3v) is 18.1. The van der Waals surface area contributed by atoms with Gasteiger partial charge in [0.15, 0.2) is 0 Å². The molecule has 6 bridgehead atoms. The molecule has 10 rings (SSSR count). The molecule has 402 valence electrons. The van der Waals surface area contributed by atoms with Crippen molar-refractivity contribution >= 4 is 0 Å². The maximum Gasteiger partial charge on any atom is 0.0323 e. The van der Waals surface area contributed by atoms with Crippen LogP contribution in [0.3, 0.4) is 0 Å². The Labute approximate surface area is 442 Å². The first-order chi connectivity index (χ1) is 35.4. The van der Waals surface area contributed by atoms with Gasteiger partial charge in [-0.1, -0.05) is 230 Å². The first kappa shape index (κ1) is 57.1. The molecule has 3 aromatic rings. The van der Waals surface area contributed by atoms with Gasteiger partial charge in [0.05, 0.1) is 0 Å². The van der Waals surface area contributed by atoms with Gasteiger partial charge in [-0.2, -0.15) is 0 Å². The van der Waals surface area contributed by atoms with E-state index in [0.717, 1.165) is 0 Å². The minimum absolute atomic E-state index is 0.372. The van der Waals surface area contributed by atoms with Gasteiger partial charge in [0, 0.05) is 72.5 Å². The summed E-state index contributed by atoms with van der Waals surface area (Å²) in [5.41, 5.74) is 8.85. The van der Waals surface area contributed by atoms with E-state index in [9.17, 15) is 0 Å². The molecule has 6 nitrogen and oxygen atoms in total. The third-order valence-electron chi connectivity index (χ3n) is 18.1. The molecule has 4 aliphatic heterocycles. The third kappa shape index (κ3) is 17.0. The van der Waals surface area contributed by atoms with Gasteiger partial charge in [0.25, 0.3) is 0 Å². The normalized spacial score (nSPS) is 30.1. The van der Waals surface area contributed by atoms with Crippen LogP contribution in [0.5, 0.6) is 0 Å². The number of hydrogen-bond donors (Lipinski definition) is 6. The highest BCUT2D eigenvalue weighted by atomic mass is 15.1. The number of benzene rings is 3. The molecule has 6 N–H and O–H groups in total. The molecule has 6 heteroatoms. The number of rotatable bonds is 18. The van der Waals surface area contributed by atoms with E-state index in [4.69, 9.17) is 0 Å². The number of hydrogen-bond acceptors (Lipinski definition) is 6. The molecule has 72 heavy (non-hydrogen) atoms. The lowest BCUT2D eigenvalue weighted by Crippen LogP contribution is -2.52. The lowest BCUT2D eigenvalue weighted by Gasteiger charge is -2.39. The molecule has 0 spiro atoms. The largest absolute Gasteiger partial charge is 0.306 e. The molecule has 6 unspecified atom stereocenters. The van der Waals surface area contributed by atoms with Crippen LogP contribution < -0.4 is 31.9 Å². The molecular weight excluding hydrogens is 877 g/mol. The zero-order chi connectivity index (χ0) is 50.3. The second-order valence-corrected chi connectivity index (χ2v) is 23.7. The fraction of sp³-hybridized carbons (Fsp3) is 0.727. The number of fused-ring (bicyclic) bond motifs is 3. The van der Waals surface area contributed by atoms with Crippen molar-refractivity contribution in [3.05, 3.63) is 106 Å². The summed E-state index contributed by atoms with van der Waals surface area (Å²) in [5.74, 6) is 0. The minimum atomic E-state index is 0.372. The SMILES string of the molecule is CCCCC1N[C@H]2CCCC[C@@H]2NC(CCCC)c2ccc(cc2)C(CCCC)N[C@@H]2CCCC[C@H]2NC(CCCC)c2ccc(cc2)C(CCCC)N[C@@H]2CCCC[C@H]2NC(CCCC)c2ccc1cc2. The molecule has 3 aromatic carbocycles. The Hall–Kier alpha value is -2.58. The van der Waals surface area contributed by atoms with Gasteiger partial charge in [0.1, 0.15) is 0 Å². The van der Waals surface area contributed by atoms with E-state index in [1.807, 2.05) is 0 Å². The monoisotopic (exact) mass is 985 g/mol. The molecule has 12 atom stereocenters. The van der Waals surface area contributed by atoms with Gasteiger partial charge >= 0.3 is 0 Å². The second-order valence-electron chi connectivity index (χ2n) is 23.7. The smallest absolute Gasteiger partial charge is 0.0323 e. The van der Waals surface area contributed by atoms with Crippen molar-refractivity contribution in [1.29, 1.82) is 0 Å². The summed E-state index contributed by atoms with van der Waals surface area (Å²) < 4.78 is 0. The first-order valence-corrected chi connectivity index (χ1v) is 31.3. The van der Waals surface area contributed by atoms with Crippen molar-refractivity contribution in [3.63, 3.8) is 0 Å². The second kappa shape index (κ2) is 31.5. The Morgan fingerprint density at radius 3 is 0.514 bits per heavy atom. The molecule has 3 aliphatic carbocycles. The Balaban J connectivity index is 1.24. The highest BCUT2D eigenvalue weighted by Crippen LogP contribution is 2.35. The topological polar surface area (TPSA) is 72.2 Å². The van der Waals surface area contributed by atoms with E-state index in [-0.39, 0.29) is 0 Å². The van der Waals surface area contributed by atoms with Crippen molar-refractivity contribution < 1.29 is 0 Å². The minimum Gasteiger partial charge on any atom is -0.306 e. The molecule has 0 amide bonds. The van der Waals surface area contributed by atoms with Crippen LogP contribution in [0.4, 0.5) is 0 Å². The standard InChI is InChI=1S/C66H108N6/c1-7-13-25-55-49-37-39-50(40-38-49)56(26-14-8-2)69-63-33-21-22-34-64(63)70-59(29-17-11-5)53-45-47-54(48-46-53)60(30-18-12-6)72-66-36-24-23-35-65(66)71-58(28-16-10-4)52-43-41-51(42-44-52)57(27-15-9-3)68-62-32-20-19-31-61(62)67-55/h37-48,55-72H,7-36H2,1-6H3/t55?,56?,57?,58?,59?,60?,61-,62-,63-,64-,65+,66+/m1/s1. The zero-order valence-electron chi connectivity index (χ0n) is 47.1. The van der Waals surface area contributed by atoms with Crippen LogP contribution in [0.2, 0.25) is 0 Å². The Bertz CT molecular complexity index is 1530. The summed E-state index contributed by atoms with van der Waals surface area (Å²) in [5, 5.41) is 26.3. The quantitative estimate of drug-likeness (QED) is 0.0763. The van der Waals surface area contributed by atoms with Crippen molar-refractivity contribution in [2.75, 3.05) is 0 Å². The summed E-state index contributed by atoms with van der Waals surface area (Å²) in [6.45, 7) is 14.2. The lowest BCUT2D eigenvalue weighted by molar-refractivity contribution is 0.235. The van der Waals surface area contributed by atoms with Crippen LogP contribution >= 0.6 is 0 Å². The number of unbranched alkanes of at least 4 members (excludes halogenated alkanes) is 6. The summed E-state index contributed by atoms with van der Waals surface area (Å²) in [6.07, 6.45) is 37.5. The first-order valence-electron chi connectivity index (χ1n) is 31.3. The Morgan fingerprint density at radius 2 is 0.389 bits per heavy atom. The highest BCUT2D eigenvalue weighted by Gasteiger charge is 2.34. The molecule has 3 fully saturated rings. The van der Waals surface area contributed by atoms with Crippen LogP contribution in [0.15, 0.2) is 72.8 Å². The lowest BCUT2D eigenvalue weighted by atomic mass is 9.85. The number of nitrogens with one attached hydrogen (secondary N) is 6. The maximum absolute atomic E-state index is 4.38. The molecule has 4 heterocycles. The van der Waals surface area contributed by atoms with Gasteiger partial charge < -0.3 is 31.9 Å². The van der Waals surface area contributed by atoms with Crippen LogP contribution in [-0.2, 0) is 0 Å². The van der Waals surface area contributed by atoms with Crippen LogP contribution in [0, 0.1) is 0 Å². The van der Waals surface area contributed by atoms with Gasteiger partial charge in [0.2, 0.25) is 0 Å². The van der Waals surface area contributed by atoms with Crippen LogP contribution in [0.1, 0.15) is 304 Å².